The predicted molar refractivity (Wildman–Crippen MR) is 80.7 cm³/mol. The molecule has 0 spiro atoms. The lowest BCUT2D eigenvalue weighted by molar-refractivity contribution is 0.177. The van der Waals surface area contributed by atoms with Crippen molar-refractivity contribution < 1.29 is 9.84 Å². The second-order valence-electron chi connectivity index (χ2n) is 5.39. The summed E-state index contributed by atoms with van der Waals surface area (Å²) in [6, 6.07) is 7.67. The van der Waals surface area contributed by atoms with Gasteiger partial charge in [0.1, 0.15) is 19.0 Å². The Morgan fingerprint density at radius 3 is 2.65 bits per heavy atom. The topological polar surface area (TPSA) is 32.7 Å². The highest BCUT2D eigenvalue weighted by atomic mass is 16.5. The van der Waals surface area contributed by atoms with Gasteiger partial charge in [-0.05, 0) is 50.1 Å². The number of aliphatic hydroxyl groups is 1. The fourth-order valence-electron chi connectivity index (χ4n) is 2.30. The maximum absolute atomic E-state index is 8.63. The maximum atomic E-state index is 8.63. The van der Waals surface area contributed by atoms with Crippen LogP contribution < -0.4 is 4.74 Å². The second kappa shape index (κ2) is 7.94. The number of hydrogen-bond acceptors (Lipinski definition) is 3. The van der Waals surface area contributed by atoms with Crippen LogP contribution in [0, 0.1) is 17.8 Å². The van der Waals surface area contributed by atoms with Crippen LogP contribution in [-0.4, -0.2) is 43.4 Å². The number of aliphatic hydroxyl groups excluding tert-OH is 1. The molecule has 0 aliphatic heterocycles. The second-order valence-corrected chi connectivity index (χ2v) is 5.39. The summed E-state index contributed by atoms with van der Waals surface area (Å²) in [7, 11) is 2.16. The SMILES string of the molecule is CN(CCOc1ccc(C#CCO)cc1)CC1CCC1. The van der Waals surface area contributed by atoms with E-state index in [4.69, 9.17) is 9.84 Å². The molecule has 2 rings (SSSR count). The van der Waals surface area contributed by atoms with Gasteiger partial charge in [0.15, 0.2) is 0 Å². The Morgan fingerprint density at radius 1 is 1.30 bits per heavy atom. The first-order chi connectivity index (χ1) is 9.78. The van der Waals surface area contributed by atoms with Gasteiger partial charge in [-0.15, -0.1) is 0 Å². The first-order valence-corrected chi connectivity index (χ1v) is 7.29. The van der Waals surface area contributed by atoms with Gasteiger partial charge in [0, 0.05) is 18.7 Å². The number of benzene rings is 1. The average molecular weight is 273 g/mol. The summed E-state index contributed by atoms with van der Waals surface area (Å²) in [6.07, 6.45) is 4.18. The first kappa shape index (κ1) is 14.9. The fourth-order valence-corrected chi connectivity index (χ4v) is 2.30. The van der Waals surface area contributed by atoms with E-state index in [1.54, 1.807) is 0 Å². The van der Waals surface area contributed by atoms with Gasteiger partial charge < -0.3 is 14.7 Å². The number of rotatable bonds is 6. The lowest BCUT2D eigenvalue weighted by atomic mass is 9.85. The van der Waals surface area contributed by atoms with E-state index in [0.717, 1.165) is 23.8 Å². The van der Waals surface area contributed by atoms with Gasteiger partial charge in [0.2, 0.25) is 0 Å². The van der Waals surface area contributed by atoms with E-state index in [1.165, 1.54) is 25.8 Å². The Balaban J connectivity index is 1.68. The number of ether oxygens (including phenoxy) is 1. The zero-order valence-electron chi connectivity index (χ0n) is 12.1. The molecule has 1 aromatic carbocycles. The van der Waals surface area contributed by atoms with Crippen LogP contribution in [-0.2, 0) is 0 Å². The Bertz CT molecular complexity index is 454. The van der Waals surface area contributed by atoms with Crippen LogP contribution in [0.25, 0.3) is 0 Å². The van der Waals surface area contributed by atoms with Crippen molar-refractivity contribution in [1.82, 2.24) is 4.90 Å². The normalized spacial score (nSPS) is 14.6. The molecular weight excluding hydrogens is 250 g/mol. The lowest BCUT2D eigenvalue weighted by Crippen LogP contribution is -2.32. The van der Waals surface area contributed by atoms with E-state index < -0.39 is 0 Å². The maximum Gasteiger partial charge on any atom is 0.119 e. The minimum atomic E-state index is -0.106. The molecule has 1 aliphatic carbocycles. The van der Waals surface area contributed by atoms with Crippen molar-refractivity contribution in [3.63, 3.8) is 0 Å². The molecule has 108 valence electrons. The molecule has 0 amide bonds. The van der Waals surface area contributed by atoms with Crippen molar-refractivity contribution in [2.24, 2.45) is 5.92 Å². The van der Waals surface area contributed by atoms with Gasteiger partial charge in [0.25, 0.3) is 0 Å². The molecule has 0 heterocycles. The molecule has 20 heavy (non-hydrogen) atoms. The number of nitrogens with zero attached hydrogens (tertiary/aromatic N) is 1. The summed E-state index contributed by atoms with van der Waals surface area (Å²) in [6.45, 7) is 2.76. The van der Waals surface area contributed by atoms with Crippen molar-refractivity contribution in [3.05, 3.63) is 29.8 Å². The standard InChI is InChI=1S/C17H23NO2/c1-18(14-16-4-2-5-16)11-13-20-17-9-7-15(8-10-17)6-3-12-19/h7-10,16,19H,2,4-5,11-14H2,1H3. The molecule has 1 saturated carbocycles. The third-order valence-corrected chi connectivity index (χ3v) is 3.70. The zero-order valence-corrected chi connectivity index (χ0v) is 12.1. The summed E-state index contributed by atoms with van der Waals surface area (Å²) >= 11 is 0. The minimum absolute atomic E-state index is 0.106. The van der Waals surface area contributed by atoms with Gasteiger partial charge in [0.05, 0.1) is 0 Å². The summed E-state index contributed by atoms with van der Waals surface area (Å²) in [5.41, 5.74) is 0.897. The molecule has 0 radical (unpaired) electrons. The highest BCUT2D eigenvalue weighted by Crippen LogP contribution is 2.26. The van der Waals surface area contributed by atoms with Gasteiger partial charge in [-0.3, -0.25) is 0 Å². The molecule has 1 fully saturated rings. The van der Waals surface area contributed by atoms with E-state index in [9.17, 15) is 0 Å². The van der Waals surface area contributed by atoms with E-state index >= 15 is 0 Å². The molecule has 3 heteroatoms. The lowest BCUT2D eigenvalue weighted by Gasteiger charge is -2.30. The molecule has 1 N–H and O–H groups in total. The van der Waals surface area contributed by atoms with Crippen molar-refractivity contribution in [1.29, 1.82) is 0 Å². The molecule has 0 unspecified atom stereocenters. The Labute approximate surface area is 121 Å². The summed E-state index contributed by atoms with van der Waals surface area (Å²) in [4.78, 5) is 2.35. The van der Waals surface area contributed by atoms with Crippen LogP contribution in [0.5, 0.6) is 5.75 Å². The molecule has 0 saturated heterocycles. The van der Waals surface area contributed by atoms with Gasteiger partial charge in [-0.2, -0.15) is 0 Å². The number of likely N-dealkylation sites (N-methyl/N-ethyl adjacent to an activating group) is 1. The molecular formula is C17H23NO2. The Hall–Kier alpha value is -1.50. The molecule has 3 nitrogen and oxygen atoms in total. The van der Waals surface area contributed by atoms with Crippen LogP contribution >= 0.6 is 0 Å². The predicted octanol–water partition coefficient (Wildman–Crippen LogP) is 2.14. The Kier molecular flexibility index (Phi) is 5.91. The zero-order chi connectivity index (χ0) is 14.2. The molecule has 0 atom stereocenters. The first-order valence-electron chi connectivity index (χ1n) is 7.29. The van der Waals surface area contributed by atoms with Crippen LogP contribution in [0.15, 0.2) is 24.3 Å². The molecule has 0 bridgehead atoms. The van der Waals surface area contributed by atoms with E-state index in [-0.39, 0.29) is 6.61 Å². The van der Waals surface area contributed by atoms with Crippen molar-refractivity contribution in [3.8, 4) is 17.6 Å². The monoisotopic (exact) mass is 273 g/mol. The van der Waals surface area contributed by atoms with Crippen LogP contribution in [0.3, 0.4) is 0 Å². The van der Waals surface area contributed by atoms with E-state index in [2.05, 4.69) is 23.8 Å². The Morgan fingerprint density at radius 2 is 2.05 bits per heavy atom. The summed E-state index contributed by atoms with van der Waals surface area (Å²) in [5.74, 6) is 7.27. The summed E-state index contributed by atoms with van der Waals surface area (Å²) in [5, 5.41) is 8.63. The smallest absolute Gasteiger partial charge is 0.119 e. The van der Waals surface area contributed by atoms with Crippen molar-refractivity contribution in [2.45, 2.75) is 19.3 Å². The molecule has 1 aliphatic rings. The van der Waals surface area contributed by atoms with E-state index in [0.29, 0.717) is 6.61 Å². The highest BCUT2D eigenvalue weighted by Gasteiger charge is 2.18. The van der Waals surface area contributed by atoms with Crippen LogP contribution in [0.1, 0.15) is 24.8 Å². The summed E-state index contributed by atoms with van der Waals surface area (Å²) < 4.78 is 5.73. The van der Waals surface area contributed by atoms with Gasteiger partial charge in [-0.25, -0.2) is 0 Å². The van der Waals surface area contributed by atoms with Crippen LogP contribution in [0.4, 0.5) is 0 Å². The minimum Gasteiger partial charge on any atom is -0.492 e. The van der Waals surface area contributed by atoms with Crippen LogP contribution in [0.2, 0.25) is 0 Å². The fraction of sp³-hybridized carbons (Fsp3) is 0.529. The number of hydrogen-bond donors (Lipinski definition) is 1. The van der Waals surface area contributed by atoms with E-state index in [1.807, 2.05) is 24.3 Å². The molecule has 1 aromatic rings. The quantitative estimate of drug-likeness (QED) is 0.806. The van der Waals surface area contributed by atoms with Crippen molar-refractivity contribution >= 4 is 0 Å². The third kappa shape index (κ3) is 4.88. The van der Waals surface area contributed by atoms with Crippen molar-refractivity contribution in [2.75, 3.05) is 33.4 Å². The highest BCUT2D eigenvalue weighted by molar-refractivity contribution is 5.38. The average Bonchev–Trinajstić information content (AvgIpc) is 2.42. The third-order valence-electron chi connectivity index (χ3n) is 3.70. The van der Waals surface area contributed by atoms with Gasteiger partial charge >= 0.3 is 0 Å². The van der Waals surface area contributed by atoms with Gasteiger partial charge in [-0.1, -0.05) is 18.3 Å². The molecule has 0 aromatic heterocycles. The largest absolute Gasteiger partial charge is 0.492 e.